The van der Waals surface area contributed by atoms with Gasteiger partial charge in [-0.3, -0.25) is 9.69 Å². The van der Waals surface area contributed by atoms with E-state index >= 15 is 0 Å². The number of aliphatic hydroxyl groups is 1. The van der Waals surface area contributed by atoms with Gasteiger partial charge in [-0.1, -0.05) is 43.2 Å². The van der Waals surface area contributed by atoms with Crippen LogP contribution in [0.15, 0.2) is 30.3 Å². The number of ether oxygens (including phenoxy) is 2. The van der Waals surface area contributed by atoms with Crippen LogP contribution < -0.4 is 0 Å². The lowest BCUT2D eigenvalue weighted by Gasteiger charge is -2.33. The molecular formula is C22H32BrNO5. The van der Waals surface area contributed by atoms with Gasteiger partial charge >= 0.3 is 11.9 Å². The second-order valence-corrected chi connectivity index (χ2v) is 7.79. The van der Waals surface area contributed by atoms with E-state index in [1.165, 1.54) is 0 Å². The Morgan fingerprint density at radius 1 is 1.17 bits per heavy atom. The largest absolute Gasteiger partial charge is 0.466 e. The molecule has 2 atom stereocenters. The van der Waals surface area contributed by atoms with Crippen molar-refractivity contribution in [3.05, 3.63) is 35.9 Å². The van der Waals surface area contributed by atoms with Gasteiger partial charge in [0.05, 0.1) is 13.0 Å². The third kappa shape index (κ3) is 5.80. The zero-order chi connectivity index (χ0) is 20.0. The summed E-state index contributed by atoms with van der Waals surface area (Å²) in [5, 5.41) is 11.5. The molecule has 1 saturated carbocycles. The predicted molar refractivity (Wildman–Crippen MR) is 115 cm³/mol. The smallest absolute Gasteiger partial charge is 0.343 e. The highest BCUT2D eigenvalue weighted by atomic mass is 79.9. The van der Waals surface area contributed by atoms with E-state index in [9.17, 15) is 14.7 Å². The van der Waals surface area contributed by atoms with Gasteiger partial charge in [0.2, 0.25) is 0 Å². The molecule has 0 radical (unpaired) electrons. The molecule has 0 bridgehead atoms. The van der Waals surface area contributed by atoms with Crippen molar-refractivity contribution < 1.29 is 24.2 Å². The Morgan fingerprint density at radius 3 is 2.52 bits per heavy atom. The highest BCUT2D eigenvalue weighted by Crippen LogP contribution is 2.41. The molecule has 7 heteroatoms. The minimum absolute atomic E-state index is 0. The van der Waals surface area contributed by atoms with E-state index in [0.717, 1.165) is 32.2 Å². The third-order valence-corrected chi connectivity index (χ3v) is 5.91. The van der Waals surface area contributed by atoms with Crippen molar-refractivity contribution in [2.24, 2.45) is 5.92 Å². The summed E-state index contributed by atoms with van der Waals surface area (Å²) in [6.45, 7) is 4.13. The summed E-state index contributed by atoms with van der Waals surface area (Å²) in [6, 6.07) is 9.17. The van der Waals surface area contributed by atoms with Crippen LogP contribution in [0.1, 0.15) is 51.0 Å². The Kier molecular flexibility index (Phi) is 9.11. The number of nitrogens with zero attached hydrogens (tertiary/aromatic N) is 1. The van der Waals surface area contributed by atoms with Crippen LogP contribution in [0.4, 0.5) is 0 Å². The van der Waals surface area contributed by atoms with Gasteiger partial charge in [0.25, 0.3) is 0 Å². The van der Waals surface area contributed by atoms with Crippen molar-refractivity contribution in [3.8, 4) is 0 Å². The molecule has 0 spiro atoms. The van der Waals surface area contributed by atoms with Crippen molar-refractivity contribution in [3.63, 3.8) is 0 Å². The fourth-order valence-corrected chi connectivity index (χ4v) is 4.38. The van der Waals surface area contributed by atoms with Crippen LogP contribution in [0.5, 0.6) is 0 Å². The summed E-state index contributed by atoms with van der Waals surface area (Å²) in [6.07, 6.45) is 4.50. The minimum atomic E-state index is -1.59. The van der Waals surface area contributed by atoms with E-state index in [1.807, 2.05) is 18.2 Å². The fourth-order valence-electron chi connectivity index (χ4n) is 4.38. The van der Waals surface area contributed by atoms with Gasteiger partial charge in [-0.2, -0.15) is 0 Å². The predicted octanol–water partition coefficient (Wildman–Crippen LogP) is 3.21. The van der Waals surface area contributed by atoms with E-state index in [4.69, 9.17) is 9.47 Å². The monoisotopic (exact) mass is 469 g/mol. The Balaban J connectivity index is 0.00000300. The van der Waals surface area contributed by atoms with Crippen LogP contribution in [-0.4, -0.2) is 54.3 Å². The second kappa shape index (κ2) is 11.1. The molecule has 29 heavy (non-hydrogen) atoms. The molecule has 1 N–H and O–H groups in total. The Morgan fingerprint density at radius 2 is 1.86 bits per heavy atom. The zero-order valence-corrected chi connectivity index (χ0v) is 18.8. The lowest BCUT2D eigenvalue weighted by atomic mass is 9.80. The third-order valence-electron chi connectivity index (χ3n) is 5.91. The Hall–Kier alpha value is -1.44. The molecule has 3 rings (SSSR count). The van der Waals surface area contributed by atoms with E-state index < -0.39 is 11.6 Å². The molecule has 1 heterocycles. The van der Waals surface area contributed by atoms with E-state index in [2.05, 4.69) is 4.90 Å². The summed E-state index contributed by atoms with van der Waals surface area (Å²) in [5.41, 5.74) is -0.972. The standard InChI is InChI=1S/C22H31NO5.BrH/c1-2-27-20(24)13-15-23-14-12-19(16-23)28-21(25)22(26,18-10-6-7-11-18)17-8-4-3-5-9-17;/h3-5,8-9,18-19,26H,2,6-7,10-16H2,1H3;1H/t19-,22?;/m1./s1. The van der Waals surface area contributed by atoms with Gasteiger partial charge in [-0.25, -0.2) is 4.79 Å². The molecule has 162 valence electrons. The number of carbonyl (C=O) groups excluding carboxylic acids is 2. The zero-order valence-electron chi connectivity index (χ0n) is 17.0. The molecule has 1 aliphatic carbocycles. The molecule has 2 fully saturated rings. The Bertz CT molecular complexity index is 664. The highest BCUT2D eigenvalue weighted by molar-refractivity contribution is 8.93. The maximum absolute atomic E-state index is 13.1. The van der Waals surface area contributed by atoms with Crippen molar-refractivity contribution in [1.29, 1.82) is 0 Å². The molecule has 1 unspecified atom stereocenters. The molecule has 1 aromatic rings. The number of rotatable bonds is 8. The van der Waals surface area contributed by atoms with E-state index in [1.54, 1.807) is 19.1 Å². The van der Waals surface area contributed by atoms with Gasteiger partial charge in [-0.15, -0.1) is 17.0 Å². The van der Waals surface area contributed by atoms with Crippen molar-refractivity contribution in [1.82, 2.24) is 4.90 Å². The van der Waals surface area contributed by atoms with E-state index in [0.29, 0.717) is 38.1 Å². The number of hydrogen-bond donors (Lipinski definition) is 1. The number of likely N-dealkylation sites (tertiary alicyclic amines) is 1. The molecule has 0 aromatic heterocycles. The first-order valence-corrected chi connectivity index (χ1v) is 10.4. The quantitative estimate of drug-likeness (QED) is 0.589. The van der Waals surface area contributed by atoms with Crippen molar-refractivity contribution in [2.75, 3.05) is 26.2 Å². The van der Waals surface area contributed by atoms with E-state index in [-0.39, 0.29) is 35.0 Å². The van der Waals surface area contributed by atoms with Gasteiger partial charge in [0.15, 0.2) is 5.60 Å². The molecular weight excluding hydrogens is 438 g/mol. The lowest BCUT2D eigenvalue weighted by molar-refractivity contribution is -0.178. The molecule has 6 nitrogen and oxygen atoms in total. The van der Waals surface area contributed by atoms with Crippen LogP contribution in [0.3, 0.4) is 0 Å². The van der Waals surface area contributed by atoms with Crippen LogP contribution >= 0.6 is 17.0 Å². The van der Waals surface area contributed by atoms with Crippen LogP contribution in [0.25, 0.3) is 0 Å². The summed E-state index contributed by atoms with van der Waals surface area (Å²) in [5.74, 6) is -0.853. The summed E-state index contributed by atoms with van der Waals surface area (Å²) in [7, 11) is 0. The Labute approximate surface area is 183 Å². The maximum Gasteiger partial charge on any atom is 0.343 e. The van der Waals surface area contributed by atoms with Crippen LogP contribution in [0.2, 0.25) is 0 Å². The number of benzene rings is 1. The first-order valence-electron chi connectivity index (χ1n) is 10.4. The van der Waals surface area contributed by atoms with Gasteiger partial charge in [-0.05, 0) is 31.7 Å². The van der Waals surface area contributed by atoms with Gasteiger partial charge in [0, 0.05) is 25.6 Å². The first kappa shape index (κ1) is 23.8. The minimum Gasteiger partial charge on any atom is -0.466 e. The number of halogens is 1. The highest BCUT2D eigenvalue weighted by Gasteiger charge is 2.48. The number of hydrogen-bond acceptors (Lipinski definition) is 6. The van der Waals surface area contributed by atoms with Gasteiger partial charge < -0.3 is 14.6 Å². The van der Waals surface area contributed by atoms with Crippen LogP contribution in [-0.2, 0) is 24.7 Å². The van der Waals surface area contributed by atoms with Gasteiger partial charge in [0.1, 0.15) is 6.10 Å². The van der Waals surface area contributed by atoms with Crippen LogP contribution in [0, 0.1) is 5.92 Å². The second-order valence-electron chi connectivity index (χ2n) is 7.79. The first-order chi connectivity index (χ1) is 13.5. The maximum atomic E-state index is 13.1. The normalized spacial score (nSPS) is 21.9. The SMILES string of the molecule is Br.CCOC(=O)CCN1CC[C@@H](OC(=O)C(O)(c2ccccc2)C2CCCC2)C1. The number of carbonyl (C=O) groups is 2. The molecule has 1 saturated heterocycles. The average Bonchev–Trinajstić information content (AvgIpc) is 3.39. The topological polar surface area (TPSA) is 76.1 Å². The van der Waals surface area contributed by atoms with Crippen molar-refractivity contribution >= 4 is 28.9 Å². The molecule has 1 aliphatic heterocycles. The fraction of sp³-hybridized carbons (Fsp3) is 0.636. The summed E-state index contributed by atoms with van der Waals surface area (Å²) >= 11 is 0. The van der Waals surface area contributed by atoms with Crippen molar-refractivity contribution in [2.45, 2.75) is 57.2 Å². The lowest BCUT2D eigenvalue weighted by Crippen LogP contribution is -2.45. The molecule has 0 amide bonds. The summed E-state index contributed by atoms with van der Waals surface area (Å²) in [4.78, 5) is 26.7. The molecule has 1 aromatic carbocycles. The average molecular weight is 470 g/mol. The summed E-state index contributed by atoms with van der Waals surface area (Å²) < 4.78 is 10.7. The number of esters is 2. The molecule has 2 aliphatic rings.